The van der Waals surface area contributed by atoms with E-state index in [0.717, 1.165) is 24.5 Å². The fourth-order valence-electron chi connectivity index (χ4n) is 1.24. The van der Waals surface area contributed by atoms with Crippen LogP contribution in [0.5, 0.6) is 0 Å². The maximum atomic E-state index is 13.4. The number of anilines is 1. The summed E-state index contributed by atoms with van der Waals surface area (Å²) in [5, 5.41) is 0. The molecule has 1 heterocycles. The highest BCUT2D eigenvalue weighted by Gasteiger charge is 2.21. The number of benzene rings is 1. The van der Waals surface area contributed by atoms with Gasteiger partial charge in [0.1, 0.15) is 17.0 Å². The summed E-state index contributed by atoms with van der Waals surface area (Å²) in [7, 11) is -4.22. The molecule has 2 rings (SSSR count). The monoisotopic (exact) mass is 271 g/mol. The van der Waals surface area contributed by atoms with Gasteiger partial charge in [-0.25, -0.2) is 27.2 Å². The van der Waals surface area contributed by atoms with Crippen molar-refractivity contribution in [2.75, 3.05) is 4.72 Å². The van der Waals surface area contributed by atoms with E-state index in [1.807, 2.05) is 4.72 Å². The summed E-state index contributed by atoms with van der Waals surface area (Å²) >= 11 is 0. The Hall–Kier alpha value is -2.09. The second kappa shape index (κ2) is 4.65. The molecule has 0 saturated carbocycles. The van der Waals surface area contributed by atoms with Gasteiger partial charge in [0.25, 0.3) is 10.0 Å². The number of nitrogens with zero attached hydrogens (tertiary/aromatic N) is 2. The Morgan fingerprint density at radius 3 is 2.61 bits per heavy atom. The van der Waals surface area contributed by atoms with Crippen molar-refractivity contribution in [3.63, 3.8) is 0 Å². The van der Waals surface area contributed by atoms with Gasteiger partial charge in [0, 0.05) is 6.20 Å². The van der Waals surface area contributed by atoms with E-state index in [4.69, 9.17) is 0 Å². The first-order valence-electron chi connectivity index (χ1n) is 4.73. The maximum absolute atomic E-state index is 13.4. The molecule has 0 fully saturated rings. The largest absolute Gasteiger partial charge is 0.266 e. The number of halogens is 2. The zero-order chi connectivity index (χ0) is 13.2. The average molecular weight is 271 g/mol. The van der Waals surface area contributed by atoms with E-state index >= 15 is 0 Å². The smallest absolute Gasteiger partial charge is 0.263 e. The molecule has 0 amide bonds. The fraction of sp³-hybridized carbons (Fsp3) is 0. The standard InChI is InChI=1S/C10H7F2N3O2S/c11-7-2-1-3-8(10(7)12)18(16,17)15-9-4-5-13-6-14-9/h1-6H,(H,13,14,15). The molecule has 8 heteroatoms. The van der Waals surface area contributed by atoms with Gasteiger partial charge in [0.05, 0.1) is 0 Å². The van der Waals surface area contributed by atoms with Gasteiger partial charge < -0.3 is 0 Å². The topological polar surface area (TPSA) is 72.0 Å². The van der Waals surface area contributed by atoms with Crippen molar-refractivity contribution in [3.05, 3.63) is 48.4 Å². The van der Waals surface area contributed by atoms with Crippen LogP contribution >= 0.6 is 0 Å². The lowest BCUT2D eigenvalue weighted by Gasteiger charge is -2.07. The van der Waals surface area contributed by atoms with Crippen LogP contribution in [0, 0.1) is 11.6 Å². The van der Waals surface area contributed by atoms with Gasteiger partial charge in [0.15, 0.2) is 11.6 Å². The van der Waals surface area contributed by atoms with E-state index in [0.29, 0.717) is 0 Å². The number of hydrogen-bond donors (Lipinski definition) is 1. The van der Waals surface area contributed by atoms with E-state index < -0.39 is 26.6 Å². The van der Waals surface area contributed by atoms with Gasteiger partial charge in [-0.1, -0.05) is 6.07 Å². The second-order valence-electron chi connectivity index (χ2n) is 3.25. The van der Waals surface area contributed by atoms with Crippen LogP contribution in [0.3, 0.4) is 0 Å². The summed E-state index contributed by atoms with van der Waals surface area (Å²) in [5.41, 5.74) is 0. The molecular formula is C10H7F2N3O2S. The van der Waals surface area contributed by atoms with E-state index in [1.54, 1.807) is 0 Å². The van der Waals surface area contributed by atoms with Gasteiger partial charge in [-0.2, -0.15) is 0 Å². The van der Waals surface area contributed by atoms with Crippen molar-refractivity contribution in [1.29, 1.82) is 0 Å². The minimum absolute atomic E-state index is 0.0336. The summed E-state index contributed by atoms with van der Waals surface area (Å²) in [4.78, 5) is 6.45. The molecule has 1 N–H and O–H groups in total. The molecule has 0 aliphatic carbocycles. The van der Waals surface area contributed by atoms with Crippen molar-refractivity contribution in [1.82, 2.24) is 9.97 Å². The van der Waals surface area contributed by atoms with Crippen LogP contribution in [-0.4, -0.2) is 18.4 Å². The minimum atomic E-state index is -4.22. The van der Waals surface area contributed by atoms with Crippen LogP contribution in [0.25, 0.3) is 0 Å². The number of hydrogen-bond acceptors (Lipinski definition) is 4. The van der Waals surface area contributed by atoms with E-state index in [2.05, 4.69) is 9.97 Å². The molecule has 0 radical (unpaired) electrons. The Balaban J connectivity index is 2.41. The van der Waals surface area contributed by atoms with Gasteiger partial charge >= 0.3 is 0 Å². The lowest BCUT2D eigenvalue weighted by molar-refractivity contribution is 0.485. The van der Waals surface area contributed by atoms with Gasteiger partial charge in [-0.05, 0) is 18.2 Å². The highest BCUT2D eigenvalue weighted by atomic mass is 32.2. The molecule has 0 atom stereocenters. The van der Waals surface area contributed by atoms with Crippen molar-refractivity contribution in [3.8, 4) is 0 Å². The molecule has 0 unspecified atom stereocenters. The molecular weight excluding hydrogens is 264 g/mol. The van der Waals surface area contributed by atoms with Gasteiger partial charge in [-0.3, -0.25) is 4.72 Å². The quantitative estimate of drug-likeness (QED) is 0.919. The number of aromatic nitrogens is 2. The lowest BCUT2D eigenvalue weighted by Crippen LogP contribution is -2.16. The number of nitrogens with one attached hydrogen (secondary N) is 1. The Bertz CT molecular complexity index is 662. The summed E-state index contributed by atoms with van der Waals surface area (Å²) in [6.45, 7) is 0. The highest BCUT2D eigenvalue weighted by molar-refractivity contribution is 7.92. The third-order valence-corrected chi connectivity index (χ3v) is 3.40. The molecule has 1 aromatic heterocycles. The molecule has 2 aromatic rings. The van der Waals surface area contributed by atoms with Gasteiger partial charge in [0.2, 0.25) is 0 Å². The van der Waals surface area contributed by atoms with Crippen molar-refractivity contribution in [2.24, 2.45) is 0 Å². The molecule has 5 nitrogen and oxygen atoms in total. The Morgan fingerprint density at radius 2 is 1.94 bits per heavy atom. The third-order valence-electron chi connectivity index (χ3n) is 2.03. The van der Waals surface area contributed by atoms with E-state index in [1.165, 1.54) is 12.3 Å². The van der Waals surface area contributed by atoms with Crippen LogP contribution in [0.4, 0.5) is 14.6 Å². The lowest BCUT2D eigenvalue weighted by atomic mass is 10.3. The molecule has 0 aliphatic heterocycles. The zero-order valence-corrected chi connectivity index (χ0v) is 9.66. The molecule has 0 aliphatic rings. The van der Waals surface area contributed by atoms with Crippen molar-refractivity contribution < 1.29 is 17.2 Å². The van der Waals surface area contributed by atoms with Crippen molar-refractivity contribution in [2.45, 2.75) is 4.90 Å². The predicted molar refractivity (Wildman–Crippen MR) is 59.2 cm³/mol. The molecule has 18 heavy (non-hydrogen) atoms. The Kier molecular flexibility index (Phi) is 3.19. The van der Waals surface area contributed by atoms with Crippen LogP contribution in [0.15, 0.2) is 41.7 Å². The van der Waals surface area contributed by atoms with Crippen LogP contribution in [-0.2, 0) is 10.0 Å². The van der Waals surface area contributed by atoms with Crippen LogP contribution < -0.4 is 4.72 Å². The summed E-state index contributed by atoms with van der Waals surface area (Å²) < 4.78 is 51.9. The summed E-state index contributed by atoms with van der Waals surface area (Å²) in [6, 6.07) is 4.18. The minimum Gasteiger partial charge on any atom is -0.263 e. The Morgan fingerprint density at radius 1 is 1.17 bits per heavy atom. The number of sulfonamides is 1. The van der Waals surface area contributed by atoms with Crippen LogP contribution in [0.2, 0.25) is 0 Å². The molecule has 0 spiro atoms. The van der Waals surface area contributed by atoms with Crippen molar-refractivity contribution >= 4 is 15.8 Å². The fourth-order valence-corrected chi connectivity index (χ4v) is 2.33. The normalized spacial score (nSPS) is 11.2. The first-order valence-corrected chi connectivity index (χ1v) is 6.22. The first-order chi connectivity index (χ1) is 8.50. The second-order valence-corrected chi connectivity index (χ2v) is 4.90. The predicted octanol–water partition coefficient (Wildman–Crippen LogP) is 1.56. The average Bonchev–Trinajstić information content (AvgIpc) is 2.33. The zero-order valence-electron chi connectivity index (χ0n) is 8.84. The molecule has 94 valence electrons. The van der Waals surface area contributed by atoms with Crippen LogP contribution in [0.1, 0.15) is 0 Å². The first kappa shape index (κ1) is 12.4. The molecule has 1 aromatic carbocycles. The molecule has 0 saturated heterocycles. The molecule has 0 bridgehead atoms. The third kappa shape index (κ3) is 2.43. The summed E-state index contributed by atoms with van der Waals surface area (Å²) in [6.07, 6.45) is 2.44. The summed E-state index contributed by atoms with van der Waals surface area (Å²) in [5.74, 6) is -2.70. The van der Waals surface area contributed by atoms with E-state index in [9.17, 15) is 17.2 Å². The SMILES string of the molecule is O=S(=O)(Nc1ccncn1)c1cccc(F)c1F. The van der Waals surface area contributed by atoms with Gasteiger partial charge in [-0.15, -0.1) is 0 Å². The highest BCUT2D eigenvalue weighted by Crippen LogP contribution is 2.19. The number of rotatable bonds is 3. The Labute approximate surface area is 102 Å². The van der Waals surface area contributed by atoms with E-state index in [-0.39, 0.29) is 5.82 Å². The maximum Gasteiger partial charge on any atom is 0.266 e.